The summed E-state index contributed by atoms with van der Waals surface area (Å²) in [7, 11) is 1.33. The molecule has 1 heterocycles. The quantitative estimate of drug-likeness (QED) is 0.598. The summed E-state index contributed by atoms with van der Waals surface area (Å²) in [5.41, 5.74) is 1.24. The van der Waals surface area contributed by atoms with Crippen molar-refractivity contribution in [2.75, 3.05) is 32.1 Å². The highest BCUT2D eigenvalue weighted by Crippen LogP contribution is 2.49. The van der Waals surface area contributed by atoms with Gasteiger partial charge in [0.05, 0.1) is 38.0 Å². The molecule has 1 aromatic carbocycles. The number of hydrogen-bond donors (Lipinski definition) is 1. The Morgan fingerprint density at radius 2 is 1.81 bits per heavy atom. The van der Waals surface area contributed by atoms with Crippen LogP contribution < -0.4 is 5.32 Å². The predicted octanol–water partition coefficient (Wildman–Crippen LogP) is 4.32. The molecule has 6 heteroatoms. The van der Waals surface area contributed by atoms with E-state index in [0.29, 0.717) is 16.3 Å². The van der Waals surface area contributed by atoms with E-state index >= 15 is 0 Å². The number of amides is 1. The molecule has 2 aliphatic rings. The maximum absolute atomic E-state index is 13.5. The van der Waals surface area contributed by atoms with Gasteiger partial charge in [0.2, 0.25) is 0 Å². The summed E-state index contributed by atoms with van der Waals surface area (Å²) < 4.78 is 5.76. The zero-order chi connectivity index (χ0) is 19.7. The van der Waals surface area contributed by atoms with Gasteiger partial charge in [-0.3, -0.25) is 4.79 Å². The van der Waals surface area contributed by atoms with Crippen molar-refractivity contribution in [1.82, 2.24) is 0 Å². The van der Waals surface area contributed by atoms with Crippen molar-refractivity contribution in [2.24, 2.45) is 0 Å². The van der Waals surface area contributed by atoms with Gasteiger partial charge in [0.15, 0.2) is 5.54 Å². The Morgan fingerprint density at radius 3 is 2.33 bits per heavy atom. The maximum atomic E-state index is 13.5. The van der Waals surface area contributed by atoms with Crippen molar-refractivity contribution < 1.29 is 18.8 Å². The van der Waals surface area contributed by atoms with Crippen LogP contribution in [0.1, 0.15) is 61.4 Å². The first-order valence-corrected chi connectivity index (χ1v) is 10.3. The number of esters is 1. The number of carbonyl (C=O) groups is 2. The Labute approximate surface area is 166 Å². The lowest BCUT2D eigenvalue weighted by atomic mass is 10.0. The standard InChI is InChI=1S/C21H29ClN2O3/c1-4-24(11-7-5-6-8-12-24)21(9-10-21)20(26)23-18-15(2)13-16(22)14-17(18)19(25)27-3/h13-14H,4-12H2,1-3H3/p+1. The third-order valence-electron chi connectivity index (χ3n) is 6.53. The van der Waals surface area contributed by atoms with Crippen molar-refractivity contribution >= 4 is 29.2 Å². The summed E-state index contributed by atoms with van der Waals surface area (Å²) in [4.78, 5) is 25.7. The lowest BCUT2D eigenvalue weighted by Crippen LogP contribution is -2.62. The van der Waals surface area contributed by atoms with E-state index in [9.17, 15) is 9.59 Å². The Kier molecular flexibility index (Phi) is 5.82. The van der Waals surface area contributed by atoms with Crippen LogP contribution in [0.5, 0.6) is 0 Å². The molecule has 1 aromatic rings. The van der Waals surface area contributed by atoms with Crippen LogP contribution in [-0.4, -0.2) is 48.6 Å². The second-order valence-corrected chi connectivity index (χ2v) is 8.38. The van der Waals surface area contributed by atoms with Crippen LogP contribution in [-0.2, 0) is 9.53 Å². The number of hydrogen-bond acceptors (Lipinski definition) is 3. The van der Waals surface area contributed by atoms with Gasteiger partial charge in [-0.2, -0.15) is 0 Å². The molecule has 1 saturated heterocycles. The molecular weight excluding hydrogens is 364 g/mol. The number of halogens is 1. The number of nitrogens with zero attached hydrogens (tertiary/aromatic N) is 1. The Hall–Kier alpha value is -1.59. The normalized spacial score (nSPS) is 20.4. The first-order chi connectivity index (χ1) is 12.9. The molecule has 0 aromatic heterocycles. The van der Waals surface area contributed by atoms with Crippen molar-refractivity contribution in [1.29, 1.82) is 0 Å². The SMILES string of the molecule is CC[N+]1(C2(C(=O)Nc3c(C)cc(Cl)cc3C(=O)OC)CC2)CCCCCC1. The lowest BCUT2D eigenvalue weighted by Gasteiger charge is -2.43. The fraction of sp³-hybridized carbons (Fsp3) is 0.619. The molecule has 148 valence electrons. The molecule has 0 radical (unpaired) electrons. The molecule has 1 amide bonds. The summed E-state index contributed by atoms with van der Waals surface area (Å²) in [6.45, 7) is 7.15. The lowest BCUT2D eigenvalue weighted by molar-refractivity contribution is -0.950. The minimum Gasteiger partial charge on any atom is -0.465 e. The third kappa shape index (κ3) is 3.59. The highest BCUT2D eigenvalue weighted by molar-refractivity contribution is 6.31. The van der Waals surface area contributed by atoms with E-state index in [0.717, 1.165) is 42.5 Å². The van der Waals surface area contributed by atoms with Crippen molar-refractivity contribution in [2.45, 2.75) is 57.9 Å². The van der Waals surface area contributed by atoms with Crippen LogP contribution in [0.25, 0.3) is 0 Å². The molecule has 0 bridgehead atoms. The molecule has 5 nitrogen and oxygen atoms in total. The highest BCUT2D eigenvalue weighted by atomic mass is 35.5. The van der Waals surface area contributed by atoms with E-state index in [2.05, 4.69) is 12.2 Å². The van der Waals surface area contributed by atoms with Crippen LogP contribution >= 0.6 is 11.6 Å². The number of methoxy groups -OCH3 is 1. The van der Waals surface area contributed by atoms with Gasteiger partial charge in [-0.15, -0.1) is 0 Å². The van der Waals surface area contributed by atoms with E-state index in [1.807, 2.05) is 6.92 Å². The minimum absolute atomic E-state index is 0.0295. The van der Waals surface area contributed by atoms with Gasteiger partial charge in [-0.1, -0.05) is 11.6 Å². The molecule has 0 atom stereocenters. The van der Waals surface area contributed by atoms with E-state index in [1.165, 1.54) is 32.8 Å². The van der Waals surface area contributed by atoms with Gasteiger partial charge < -0.3 is 14.5 Å². The number of rotatable bonds is 5. The summed E-state index contributed by atoms with van der Waals surface area (Å²) in [6, 6.07) is 3.32. The Bertz CT molecular complexity index is 735. The van der Waals surface area contributed by atoms with Crippen molar-refractivity contribution in [3.8, 4) is 0 Å². The van der Waals surface area contributed by atoms with E-state index in [-0.39, 0.29) is 11.4 Å². The second kappa shape index (κ2) is 7.80. The molecule has 27 heavy (non-hydrogen) atoms. The number of nitrogens with one attached hydrogen (secondary N) is 1. The van der Waals surface area contributed by atoms with Crippen molar-refractivity contribution in [3.63, 3.8) is 0 Å². The Morgan fingerprint density at radius 1 is 1.19 bits per heavy atom. The first kappa shape index (κ1) is 20.2. The molecule has 0 spiro atoms. The fourth-order valence-electron chi connectivity index (χ4n) is 4.79. The average molecular weight is 394 g/mol. The number of likely N-dealkylation sites (tertiary alicyclic amines) is 1. The maximum Gasteiger partial charge on any atom is 0.340 e. The van der Waals surface area contributed by atoms with Gasteiger partial charge in [-0.05, 0) is 57.2 Å². The van der Waals surface area contributed by atoms with Gasteiger partial charge in [0.1, 0.15) is 0 Å². The predicted molar refractivity (Wildman–Crippen MR) is 107 cm³/mol. The van der Waals surface area contributed by atoms with E-state index < -0.39 is 5.97 Å². The number of anilines is 1. The summed E-state index contributed by atoms with van der Waals surface area (Å²) in [5.74, 6) is -0.461. The number of benzene rings is 1. The van der Waals surface area contributed by atoms with Crippen LogP contribution in [0.2, 0.25) is 5.02 Å². The number of aryl methyl sites for hydroxylation is 1. The van der Waals surface area contributed by atoms with Gasteiger partial charge >= 0.3 is 5.97 Å². The number of ether oxygens (including phenoxy) is 1. The molecule has 1 aliphatic carbocycles. The Balaban J connectivity index is 1.92. The molecule has 1 aliphatic heterocycles. The largest absolute Gasteiger partial charge is 0.465 e. The highest BCUT2D eigenvalue weighted by Gasteiger charge is 2.64. The zero-order valence-corrected chi connectivity index (χ0v) is 17.3. The monoisotopic (exact) mass is 393 g/mol. The first-order valence-electron chi connectivity index (χ1n) is 9.95. The third-order valence-corrected chi connectivity index (χ3v) is 6.74. The molecule has 3 rings (SSSR count). The van der Waals surface area contributed by atoms with Crippen LogP contribution in [0, 0.1) is 6.92 Å². The van der Waals surface area contributed by atoms with Crippen molar-refractivity contribution in [3.05, 3.63) is 28.3 Å². The average Bonchev–Trinajstić information content (AvgIpc) is 3.47. The summed E-state index contributed by atoms with van der Waals surface area (Å²) >= 11 is 6.12. The van der Waals surface area contributed by atoms with Gasteiger partial charge in [0, 0.05) is 17.9 Å². The summed E-state index contributed by atoms with van der Waals surface area (Å²) in [6.07, 6.45) is 6.67. The van der Waals surface area contributed by atoms with Crippen LogP contribution in [0.15, 0.2) is 12.1 Å². The van der Waals surface area contributed by atoms with Gasteiger partial charge in [-0.25, -0.2) is 4.79 Å². The fourth-order valence-corrected chi connectivity index (χ4v) is 5.06. The minimum atomic E-state index is -0.491. The summed E-state index contributed by atoms with van der Waals surface area (Å²) in [5, 5.41) is 3.54. The number of likely N-dealkylation sites (N-methyl/N-ethyl adjacent to an activating group) is 1. The number of carbonyl (C=O) groups excluding carboxylic acids is 2. The van der Waals surface area contributed by atoms with Crippen LogP contribution in [0.4, 0.5) is 5.69 Å². The molecular formula is C21H30ClN2O3+. The van der Waals surface area contributed by atoms with E-state index in [1.54, 1.807) is 12.1 Å². The van der Waals surface area contributed by atoms with Gasteiger partial charge in [0.25, 0.3) is 5.91 Å². The zero-order valence-electron chi connectivity index (χ0n) is 16.6. The molecule has 1 N–H and O–H groups in total. The molecule has 1 saturated carbocycles. The number of quaternary nitrogens is 1. The van der Waals surface area contributed by atoms with Crippen LogP contribution in [0.3, 0.4) is 0 Å². The molecule has 0 unspecified atom stereocenters. The molecule has 2 fully saturated rings. The smallest absolute Gasteiger partial charge is 0.340 e. The van der Waals surface area contributed by atoms with E-state index in [4.69, 9.17) is 16.3 Å². The second-order valence-electron chi connectivity index (χ2n) is 7.95. The topological polar surface area (TPSA) is 55.4 Å².